The van der Waals surface area contributed by atoms with Crippen LogP contribution in [0.25, 0.3) is 0 Å². The molecular weight excluding hydrogens is 423 g/mol. The van der Waals surface area contributed by atoms with E-state index in [1.165, 1.54) is 42.5 Å². The largest absolute Gasteiger partial charge is 0.486 e. The Labute approximate surface area is 181 Å². The molecule has 1 aromatic heterocycles. The van der Waals surface area contributed by atoms with E-state index in [0.717, 1.165) is 4.90 Å². The van der Waals surface area contributed by atoms with Gasteiger partial charge in [-0.3, -0.25) is 14.5 Å². The Balaban J connectivity index is 1.31. The highest BCUT2D eigenvalue weighted by molar-refractivity contribution is 7.09. The Hall–Kier alpha value is -3.59. The third-order valence-electron chi connectivity index (χ3n) is 4.69. The minimum Gasteiger partial charge on any atom is -0.486 e. The Bertz CT molecular complexity index is 1110. The lowest BCUT2D eigenvalue weighted by atomic mass is 10.1. The summed E-state index contributed by atoms with van der Waals surface area (Å²) in [5.41, 5.74) is 1.07. The first kappa shape index (κ1) is 20.7. The molecule has 0 saturated heterocycles. The summed E-state index contributed by atoms with van der Waals surface area (Å²) in [6.07, 6.45) is 0. The molecular formula is C22H17FN2O5S. The van der Waals surface area contributed by atoms with Crippen molar-refractivity contribution in [1.29, 1.82) is 0 Å². The van der Waals surface area contributed by atoms with Crippen molar-refractivity contribution in [2.24, 2.45) is 0 Å². The highest BCUT2D eigenvalue weighted by atomic mass is 32.1. The van der Waals surface area contributed by atoms with Crippen molar-refractivity contribution in [1.82, 2.24) is 9.88 Å². The summed E-state index contributed by atoms with van der Waals surface area (Å²) in [6.45, 7) is 1.54. The van der Waals surface area contributed by atoms with E-state index in [-0.39, 0.29) is 30.2 Å². The van der Waals surface area contributed by atoms with Crippen LogP contribution >= 0.6 is 11.3 Å². The number of aromatic nitrogens is 1. The Kier molecular flexibility index (Phi) is 5.77. The van der Waals surface area contributed by atoms with Crippen LogP contribution in [0, 0.1) is 5.82 Å². The SMILES string of the molecule is CC(C(=O)OCc1csc(COc2ccc(F)cc2)n1)N1C(=O)c2ccccc2C1=O. The standard InChI is InChI=1S/C22H17FN2O5S/c1-13(25-20(26)17-4-2-3-5-18(17)21(25)27)22(28)30-10-15-12-31-19(24-15)11-29-16-8-6-14(23)7-9-16/h2-9,12-13H,10-11H2,1H3. The zero-order valence-corrected chi connectivity index (χ0v) is 17.2. The Morgan fingerprint density at radius 1 is 1.06 bits per heavy atom. The molecule has 3 aromatic rings. The molecule has 0 spiro atoms. The van der Waals surface area contributed by atoms with Crippen molar-refractivity contribution in [3.05, 3.63) is 81.6 Å². The van der Waals surface area contributed by atoms with Crippen molar-refractivity contribution >= 4 is 29.1 Å². The third-order valence-corrected chi connectivity index (χ3v) is 5.56. The lowest BCUT2D eigenvalue weighted by Gasteiger charge is -2.20. The molecule has 0 radical (unpaired) electrons. The van der Waals surface area contributed by atoms with Crippen molar-refractivity contribution < 1.29 is 28.2 Å². The van der Waals surface area contributed by atoms with Crippen LogP contribution in [0.4, 0.5) is 4.39 Å². The van der Waals surface area contributed by atoms with Gasteiger partial charge in [-0.05, 0) is 43.3 Å². The summed E-state index contributed by atoms with van der Waals surface area (Å²) in [5, 5.41) is 2.38. The van der Waals surface area contributed by atoms with Gasteiger partial charge in [-0.25, -0.2) is 14.2 Å². The maximum Gasteiger partial charge on any atom is 0.329 e. The predicted molar refractivity (Wildman–Crippen MR) is 109 cm³/mol. The molecule has 0 aliphatic carbocycles. The number of amides is 2. The lowest BCUT2D eigenvalue weighted by Crippen LogP contribution is -2.43. The first-order valence-electron chi connectivity index (χ1n) is 9.39. The number of halogens is 1. The summed E-state index contributed by atoms with van der Waals surface area (Å²) in [7, 11) is 0. The molecule has 0 fully saturated rings. The summed E-state index contributed by atoms with van der Waals surface area (Å²) in [4.78, 5) is 42.7. The van der Waals surface area contributed by atoms with Crippen LogP contribution in [-0.2, 0) is 22.7 Å². The van der Waals surface area contributed by atoms with E-state index in [9.17, 15) is 18.8 Å². The Morgan fingerprint density at radius 3 is 2.35 bits per heavy atom. The molecule has 31 heavy (non-hydrogen) atoms. The van der Waals surface area contributed by atoms with E-state index in [1.807, 2.05) is 0 Å². The highest BCUT2D eigenvalue weighted by Gasteiger charge is 2.41. The second-order valence-electron chi connectivity index (χ2n) is 6.78. The predicted octanol–water partition coefficient (Wildman–Crippen LogP) is 3.59. The maximum absolute atomic E-state index is 12.9. The van der Waals surface area contributed by atoms with Crippen LogP contribution in [0.15, 0.2) is 53.9 Å². The third kappa shape index (κ3) is 4.31. The minimum absolute atomic E-state index is 0.0978. The summed E-state index contributed by atoms with van der Waals surface area (Å²) in [5.74, 6) is -1.56. The van der Waals surface area contributed by atoms with Crippen LogP contribution in [0.5, 0.6) is 5.75 Å². The number of fused-ring (bicyclic) bond motifs is 1. The average molecular weight is 440 g/mol. The summed E-state index contributed by atoms with van der Waals surface area (Å²) < 4.78 is 23.7. The number of esters is 1. The van der Waals surface area contributed by atoms with Crippen LogP contribution < -0.4 is 4.74 Å². The minimum atomic E-state index is -1.06. The van der Waals surface area contributed by atoms with E-state index in [4.69, 9.17) is 9.47 Å². The molecule has 1 aliphatic heterocycles. The first-order valence-corrected chi connectivity index (χ1v) is 10.3. The molecule has 4 rings (SSSR count). The quantitative estimate of drug-likeness (QED) is 0.412. The van der Waals surface area contributed by atoms with E-state index in [1.54, 1.807) is 29.6 Å². The second kappa shape index (κ2) is 8.65. The molecule has 2 aromatic carbocycles. The van der Waals surface area contributed by atoms with Crippen LogP contribution in [0.3, 0.4) is 0 Å². The zero-order valence-electron chi connectivity index (χ0n) is 16.4. The van der Waals surface area contributed by atoms with E-state index in [2.05, 4.69) is 4.98 Å². The molecule has 9 heteroatoms. The molecule has 0 N–H and O–H groups in total. The fourth-order valence-corrected chi connectivity index (χ4v) is 3.78. The average Bonchev–Trinajstić information content (AvgIpc) is 3.34. The monoisotopic (exact) mass is 440 g/mol. The molecule has 0 saturated carbocycles. The van der Waals surface area contributed by atoms with Crippen LogP contribution in [-0.4, -0.2) is 33.7 Å². The summed E-state index contributed by atoms with van der Waals surface area (Å²) in [6, 6.07) is 11.0. The molecule has 1 atom stereocenters. The Morgan fingerprint density at radius 2 is 1.71 bits per heavy atom. The van der Waals surface area contributed by atoms with Crippen molar-refractivity contribution in [2.75, 3.05) is 0 Å². The number of rotatable bonds is 7. The maximum atomic E-state index is 12.9. The number of hydrogen-bond acceptors (Lipinski definition) is 7. The molecule has 0 bridgehead atoms. The van der Waals surface area contributed by atoms with Gasteiger partial charge in [-0.15, -0.1) is 11.3 Å². The van der Waals surface area contributed by atoms with E-state index >= 15 is 0 Å². The van der Waals surface area contributed by atoms with Gasteiger partial charge in [-0.2, -0.15) is 0 Å². The lowest BCUT2D eigenvalue weighted by molar-refractivity contribution is -0.149. The van der Waals surface area contributed by atoms with Gasteiger partial charge in [0.15, 0.2) is 0 Å². The van der Waals surface area contributed by atoms with Gasteiger partial charge in [0.2, 0.25) is 0 Å². The molecule has 1 unspecified atom stereocenters. The molecule has 7 nitrogen and oxygen atoms in total. The van der Waals surface area contributed by atoms with Crippen LogP contribution in [0.1, 0.15) is 38.3 Å². The van der Waals surface area contributed by atoms with Crippen molar-refractivity contribution in [2.45, 2.75) is 26.2 Å². The van der Waals surface area contributed by atoms with Gasteiger partial charge in [0.1, 0.15) is 35.8 Å². The topological polar surface area (TPSA) is 85.8 Å². The van der Waals surface area contributed by atoms with Gasteiger partial charge >= 0.3 is 5.97 Å². The number of carbonyl (C=O) groups excluding carboxylic acids is 3. The number of carbonyl (C=O) groups is 3. The molecule has 2 heterocycles. The van der Waals surface area contributed by atoms with Gasteiger partial charge in [0.25, 0.3) is 11.8 Å². The highest BCUT2D eigenvalue weighted by Crippen LogP contribution is 2.25. The van der Waals surface area contributed by atoms with Gasteiger partial charge in [-0.1, -0.05) is 12.1 Å². The molecule has 158 valence electrons. The fraction of sp³-hybridized carbons (Fsp3) is 0.182. The molecule has 1 aliphatic rings. The van der Waals surface area contributed by atoms with Crippen molar-refractivity contribution in [3.63, 3.8) is 0 Å². The van der Waals surface area contributed by atoms with E-state index in [0.29, 0.717) is 16.5 Å². The number of imide groups is 1. The fourth-order valence-electron chi connectivity index (χ4n) is 3.09. The smallest absolute Gasteiger partial charge is 0.329 e. The van der Waals surface area contributed by atoms with Gasteiger partial charge in [0.05, 0.1) is 16.8 Å². The number of benzene rings is 2. The first-order chi connectivity index (χ1) is 14.9. The number of ether oxygens (including phenoxy) is 2. The van der Waals surface area contributed by atoms with Gasteiger partial charge in [0, 0.05) is 5.38 Å². The second-order valence-corrected chi connectivity index (χ2v) is 7.73. The molecule has 2 amide bonds. The number of nitrogens with zero attached hydrogens (tertiary/aromatic N) is 2. The normalized spacial score (nSPS) is 13.8. The van der Waals surface area contributed by atoms with Crippen molar-refractivity contribution in [3.8, 4) is 5.75 Å². The summed E-state index contributed by atoms with van der Waals surface area (Å²) >= 11 is 1.33. The van der Waals surface area contributed by atoms with Crippen LogP contribution in [0.2, 0.25) is 0 Å². The van der Waals surface area contributed by atoms with Gasteiger partial charge < -0.3 is 9.47 Å². The number of thiazole rings is 1. The zero-order chi connectivity index (χ0) is 22.0. The van der Waals surface area contributed by atoms with E-state index < -0.39 is 23.8 Å². The number of hydrogen-bond donors (Lipinski definition) is 0.